The third-order valence-electron chi connectivity index (χ3n) is 4.04. The van der Waals surface area contributed by atoms with E-state index in [1.807, 2.05) is 24.3 Å². The lowest BCUT2D eigenvalue weighted by molar-refractivity contribution is 0.529. The van der Waals surface area contributed by atoms with E-state index in [0.29, 0.717) is 5.92 Å². The Morgan fingerprint density at radius 3 is 2.35 bits per heavy atom. The fourth-order valence-corrected chi connectivity index (χ4v) is 3.22. The maximum absolute atomic E-state index is 6.41. The van der Waals surface area contributed by atoms with Gasteiger partial charge in [0.25, 0.3) is 0 Å². The molecule has 2 atom stereocenters. The Morgan fingerprint density at radius 1 is 0.950 bits per heavy atom. The Hall–Kier alpha value is -1.57. The van der Waals surface area contributed by atoms with Crippen LogP contribution < -0.4 is 5.73 Å². The van der Waals surface area contributed by atoms with Gasteiger partial charge >= 0.3 is 0 Å². The molecule has 2 heteroatoms. The lowest BCUT2D eigenvalue weighted by atomic mass is 9.79. The highest BCUT2D eigenvalue weighted by Crippen LogP contribution is 2.37. The van der Waals surface area contributed by atoms with Crippen molar-refractivity contribution in [3.8, 4) is 0 Å². The van der Waals surface area contributed by atoms with Gasteiger partial charge in [-0.05, 0) is 35.6 Å². The molecule has 3 rings (SSSR count). The fraction of sp³-hybridized carbons (Fsp3) is 0.222. The van der Waals surface area contributed by atoms with Gasteiger partial charge < -0.3 is 5.73 Å². The van der Waals surface area contributed by atoms with Crippen LogP contribution in [0.5, 0.6) is 0 Å². The predicted octanol–water partition coefficient (Wildman–Crippen LogP) is 4.63. The van der Waals surface area contributed by atoms with Crippen LogP contribution in [0.1, 0.15) is 29.9 Å². The zero-order chi connectivity index (χ0) is 13.9. The molecular weight excluding hydrogens is 266 g/mol. The molecule has 2 aromatic rings. The summed E-state index contributed by atoms with van der Waals surface area (Å²) in [5, 5.41) is 0.824. The lowest BCUT2D eigenvalue weighted by Gasteiger charge is -2.29. The lowest BCUT2D eigenvalue weighted by Crippen LogP contribution is -2.31. The van der Waals surface area contributed by atoms with E-state index in [9.17, 15) is 0 Å². The average molecular weight is 284 g/mol. The first-order valence-corrected chi connectivity index (χ1v) is 7.38. The normalized spacial score (nSPS) is 22.4. The molecule has 0 heterocycles. The Kier molecular flexibility index (Phi) is 3.90. The van der Waals surface area contributed by atoms with Gasteiger partial charge in [0.15, 0.2) is 0 Å². The van der Waals surface area contributed by atoms with Crippen LogP contribution in [0.25, 0.3) is 5.57 Å². The minimum absolute atomic E-state index is 0.120. The number of rotatable bonds is 2. The van der Waals surface area contributed by atoms with E-state index in [4.69, 9.17) is 17.3 Å². The molecule has 102 valence electrons. The van der Waals surface area contributed by atoms with Crippen molar-refractivity contribution < 1.29 is 0 Å². The van der Waals surface area contributed by atoms with Gasteiger partial charge in [-0.2, -0.15) is 0 Å². The number of hydrogen-bond donors (Lipinski definition) is 1. The molecule has 1 aliphatic rings. The first-order valence-electron chi connectivity index (χ1n) is 7.00. The van der Waals surface area contributed by atoms with Crippen LogP contribution in [-0.4, -0.2) is 6.04 Å². The molecule has 0 saturated heterocycles. The van der Waals surface area contributed by atoms with E-state index in [-0.39, 0.29) is 6.04 Å². The summed E-state index contributed by atoms with van der Waals surface area (Å²) in [5.41, 5.74) is 10.2. The Balaban J connectivity index is 1.86. The Labute approximate surface area is 125 Å². The average Bonchev–Trinajstić information content (AvgIpc) is 2.49. The summed E-state index contributed by atoms with van der Waals surface area (Å²) in [6.45, 7) is 0. The van der Waals surface area contributed by atoms with Crippen molar-refractivity contribution >= 4 is 17.2 Å². The second-order valence-corrected chi connectivity index (χ2v) is 5.73. The third kappa shape index (κ3) is 2.65. The highest BCUT2D eigenvalue weighted by molar-refractivity contribution is 6.31. The molecule has 1 aliphatic carbocycles. The van der Waals surface area contributed by atoms with E-state index in [1.165, 1.54) is 16.7 Å². The van der Waals surface area contributed by atoms with E-state index < -0.39 is 0 Å². The summed E-state index contributed by atoms with van der Waals surface area (Å²) in [6, 6.07) is 18.6. The van der Waals surface area contributed by atoms with Gasteiger partial charge in [0.05, 0.1) is 0 Å². The van der Waals surface area contributed by atoms with E-state index in [0.717, 1.165) is 17.9 Å². The number of nitrogens with two attached hydrogens (primary N) is 1. The fourth-order valence-electron chi connectivity index (χ4n) is 2.94. The molecular formula is C18H18ClN. The van der Waals surface area contributed by atoms with Crippen molar-refractivity contribution in [1.82, 2.24) is 0 Å². The molecule has 0 bridgehead atoms. The van der Waals surface area contributed by atoms with Gasteiger partial charge in [0.2, 0.25) is 0 Å². The van der Waals surface area contributed by atoms with Crippen LogP contribution in [0.15, 0.2) is 60.7 Å². The van der Waals surface area contributed by atoms with Gasteiger partial charge in [0, 0.05) is 17.0 Å². The molecule has 0 radical (unpaired) electrons. The van der Waals surface area contributed by atoms with Crippen molar-refractivity contribution in [3.63, 3.8) is 0 Å². The minimum atomic E-state index is 0.120. The zero-order valence-electron chi connectivity index (χ0n) is 11.3. The van der Waals surface area contributed by atoms with Crippen molar-refractivity contribution in [2.45, 2.75) is 24.8 Å². The molecule has 0 aliphatic heterocycles. The smallest absolute Gasteiger partial charge is 0.0441 e. The molecule has 0 aromatic heterocycles. The van der Waals surface area contributed by atoms with Crippen LogP contribution in [0.4, 0.5) is 0 Å². The number of halogens is 1. The van der Waals surface area contributed by atoms with Crippen LogP contribution in [0.3, 0.4) is 0 Å². The molecule has 20 heavy (non-hydrogen) atoms. The van der Waals surface area contributed by atoms with Crippen LogP contribution >= 0.6 is 11.6 Å². The highest BCUT2D eigenvalue weighted by Gasteiger charge is 2.26. The SMILES string of the molecule is N[C@H]1CC(c2ccccc2)=CC[C@@H]1c1ccccc1Cl. The number of benzene rings is 2. The zero-order valence-corrected chi connectivity index (χ0v) is 12.1. The maximum atomic E-state index is 6.41. The molecule has 0 fully saturated rings. The quantitative estimate of drug-likeness (QED) is 0.854. The van der Waals surface area contributed by atoms with Crippen molar-refractivity contribution in [1.29, 1.82) is 0 Å². The summed E-state index contributed by atoms with van der Waals surface area (Å²) in [4.78, 5) is 0. The molecule has 0 unspecified atom stereocenters. The van der Waals surface area contributed by atoms with Gasteiger partial charge in [-0.3, -0.25) is 0 Å². The second-order valence-electron chi connectivity index (χ2n) is 5.33. The Bertz CT molecular complexity index is 618. The predicted molar refractivity (Wildman–Crippen MR) is 85.8 cm³/mol. The van der Waals surface area contributed by atoms with Gasteiger partial charge in [-0.25, -0.2) is 0 Å². The van der Waals surface area contributed by atoms with E-state index in [2.05, 4.69) is 36.4 Å². The summed E-state index contributed by atoms with van der Waals surface area (Å²) in [5.74, 6) is 0.316. The first kappa shape index (κ1) is 13.4. The monoisotopic (exact) mass is 283 g/mol. The Morgan fingerprint density at radius 2 is 1.65 bits per heavy atom. The van der Waals surface area contributed by atoms with Crippen LogP contribution in [-0.2, 0) is 0 Å². The number of hydrogen-bond acceptors (Lipinski definition) is 1. The maximum Gasteiger partial charge on any atom is 0.0441 e. The van der Waals surface area contributed by atoms with Crippen LogP contribution in [0.2, 0.25) is 5.02 Å². The molecule has 2 aromatic carbocycles. The van der Waals surface area contributed by atoms with Crippen molar-refractivity contribution in [2.24, 2.45) is 5.73 Å². The standard InChI is InChI=1S/C18H18ClN/c19-17-9-5-4-8-15(17)16-11-10-14(12-18(16)20)13-6-2-1-3-7-13/h1-10,16,18H,11-12,20H2/t16-,18+/m1/s1. The van der Waals surface area contributed by atoms with Crippen molar-refractivity contribution in [3.05, 3.63) is 76.8 Å². The number of allylic oxidation sites excluding steroid dienone is 1. The molecule has 0 saturated carbocycles. The first-order chi connectivity index (χ1) is 9.75. The summed E-state index contributed by atoms with van der Waals surface area (Å²) < 4.78 is 0. The second kappa shape index (κ2) is 5.82. The van der Waals surface area contributed by atoms with Crippen LogP contribution in [0, 0.1) is 0 Å². The molecule has 2 N–H and O–H groups in total. The summed E-state index contributed by atoms with van der Waals surface area (Å²) >= 11 is 6.30. The topological polar surface area (TPSA) is 26.0 Å². The molecule has 0 spiro atoms. The van der Waals surface area contributed by atoms with Gasteiger partial charge in [0.1, 0.15) is 0 Å². The minimum Gasteiger partial charge on any atom is -0.327 e. The van der Waals surface area contributed by atoms with E-state index >= 15 is 0 Å². The third-order valence-corrected chi connectivity index (χ3v) is 4.38. The van der Waals surface area contributed by atoms with E-state index in [1.54, 1.807) is 0 Å². The highest BCUT2D eigenvalue weighted by atomic mass is 35.5. The summed E-state index contributed by atoms with van der Waals surface area (Å²) in [7, 11) is 0. The van der Waals surface area contributed by atoms with Crippen molar-refractivity contribution in [2.75, 3.05) is 0 Å². The molecule has 1 nitrogen and oxygen atoms in total. The van der Waals surface area contributed by atoms with Gasteiger partial charge in [-0.15, -0.1) is 0 Å². The summed E-state index contributed by atoms with van der Waals surface area (Å²) in [6.07, 6.45) is 4.17. The van der Waals surface area contributed by atoms with Gasteiger partial charge in [-0.1, -0.05) is 66.2 Å². The molecule has 0 amide bonds. The largest absolute Gasteiger partial charge is 0.327 e.